The summed E-state index contributed by atoms with van der Waals surface area (Å²) in [5, 5.41) is 16.4. The molecule has 0 aliphatic rings. The first-order valence-corrected chi connectivity index (χ1v) is 10.6. The van der Waals surface area contributed by atoms with Gasteiger partial charge in [-0.25, -0.2) is 0 Å². The Morgan fingerprint density at radius 2 is 1.89 bits per heavy atom. The number of anilines is 1. The van der Waals surface area contributed by atoms with Gasteiger partial charge >= 0.3 is 0 Å². The Kier molecular flexibility index (Phi) is 6.91. The number of halogens is 3. The molecule has 2 heterocycles. The number of hydrogen-bond donors (Lipinski definition) is 2. The molecule has 2 N–H and O–H groups in total. The molecule has 0 atom stereocenters. The van der Waals surface area contributed by atoms with Crippen molar-refractivity contribution >= 4 is 66.6 Å². The molecule has 6 nitrogen and oxygen atoms in total. The second kappa shape index (κ2) is 9.18. The highest BCUT2D eigenvalue weighted by molar-refractivity contribution is 9.10. The van der Waals surface area contributed by atoms with Gasteiger partial charge in [0, 0.05) is 24.0 Å². The molecule has 10 heteroatoms. The summed E-state index contributed by atoms with van der Waals surface area (Å²) in [4.78, 5) is 0. The summed E-state index contributed by atoms with van der Waals surface area (Å²) in [5.41, 5.74) is 1.89. The van der Waals surface area contributed by atoms with Crippen LogP contribution in [-0.4, -0.2) is 24.7 Å². The summed E-state index contributed by atoms with van der Waals surface area (Å²) in [6.45, 7) is 3.94. The van der Waals surface area contributed by atoms with Crippen molar-refractivity contribution in [3.63, 3.8) is 0 Å². The smallest absolute Gasteiger partial charge is 0.172 e. The second-order valence-corrected chi connectivity index (χ2v) is 8.23. The largest absolute Gasteiger partial charge is 0.357 e. The van der Waals surface area contributed by atoms with Gasteiger partial charge in [-0.3, -0.25) is 9.36 Å². The van der Waals surface area contributed by atoms with E-state index in [1.54, 1.807) is 4.68 Å². The van der Waals surface area contributed by atoms with Crippen LogP contribution in [-0.2, 0) is 19.6 Å². The van der Waals surface area contributed by atoms with Crippen LogP contribution >= 0.6 is 55.7 Å². The summed E-state index contributed by atoms with van der Waals surface area (Å²) in [5.74, 6) is 0.637. The summed E-state index contributed by atoms with van der Waals surface area (Å²) in [6, 6.07) is 7.70. The van der Waals surface area contributed by atoms with Crippen LogP contribution in [0.2, 0.25) is 5.02 Å². The molecule has 142 valence electrons. The highest BCUT2D eigenvalue weighted by Gasteiger charge is 2.11. The van der Waals surface area contributed by atoms with Gasteiger partial charge in [-0.2, -0.15) is 10.2 Å². The van der Waals surface area contributed by atoms with Crippen LogP contribution in [0.15, 0.2) is 45.6 Å². The SMILES string of the molecule is CCn1cc(Br)c(CNC(=S)Nc2nn(Cc3ccccc3Cl)cc2Br)n1. The number of benzene rings is 1. The highest BCUT2D eigenvalue weighted by atomic mass is 79.9. The molecule has 0 saturated carbocycles. The zero-order valence-electron chi connectivity index (χ0n) is 14.4. The van der Waals surface area contributed by atoms with E-state index in [2.05, 4.69) is 52.7 Å². The number of rotatable bonds is 6. The quantitative estimate of drug-likeness (QED) is 0.446. The third-order valence-electron chi connectivity index (χ3n) is 3.77. The van der Waals surface area contributed by atoms with Crippen LogP contribution in [0.4, 0.5) is 5.82 Å². The first kappa shape index (κ1) is 20.3. The minimum atomic E-state index is 0.469. The third kappa shape index (κ3) is 5.31. The molecule has 0 fully saturated rings. The molecule has 1 aromatic carbocycles. The van der Waals surface area contributed by atoms with Crippen molar-refractivity contribution in [3.05, 3.63) is 61.9 Å². The molecular weight excluding hydrogens is 516 g/mol. The number of thiocarbonyl (C=S) groups is 1. The summed E-state index contributed by atoms with van der Waals surface area (Å²) < 4.78 is 5.43. The Hall–Kier alpha value is -1.42. The Balaban J connectivity index is 1.60. The van der Waals surface area contributed by atoms with E-state index in [1.807, 2.05) is 48.3 Å². The van der Waals surface area contributed by atoms with Gasteiger partial charge in [0.2, 0.25) is 0 Å². The summed E-state index contributed by atoms with van der Waals surface area (Å²) in [6.07, 6.45) is 3.83. The van der Waals surface area contributed by atoms with E-state index >= 15 is 0 Å². The van der Waals surface area contributed by atoms with Crippen LogP contribution < -0.4 is 10.6 Å². The molecule has 3 aromatic rings. The second-order valence-electron chi connectivity index (χ2n) is 5.70. The molecule has 0 amide bonds. The predicted octanol–water partition coefficient (Wildman–Crippen LogP) is 4.81. The molecule has 27 heavy (non-hydrogen) atoms. The summed E-state index contributed by atoms with van der Waals surface area (Å²) in [7, 11) is 0. The normalized spacial score (nSPS) is 10.8. The van der Waals surface area contributed by atoms with Crippen molar-refractivity contribution in [3.8, 4) is 0 Å². The van der Waals surface area contributed by atoms with E-state index < -0.39 is 0 Å². The third-order valence-corrected chi connectivity index (χ3v) is 5.62. The first-order chi connectivity index (χ1) is 13.0. The maximum absolute atomic E-state index is 6.22. The van der Waals surface area contributed by atoms with Gasteiger partial charge in [0.15, 0.2) is 10.9 Å². The Morgan fingerprint density at radius 1 is 1.15 bits per heavy atom. The van der Waals surface area contributed by atoms with E-state index in [0.29, 0.717) is 29.0 Å². The molecular formula is C17H17Br2ClN6S. The lowest BCUT2D eigenvalue weighted by Crippen LogP contribution is -2.28. The monoisotopic (exact) mass is 530 g/mol. The maximum Gasteiger partial charge on any atom is 0.172 e. The average molecular weight is 533 g/mol. The number of aryl methyl sites for hydroxylation is 1. The van der Waals surface area contributed by atoms with Gasteiger partial charge in [-0.15, -0.1) is 0 Å². The van der Waals surface area contributed by atoms with E-state index in [1.165, 1.54) is 0 Å². The van der Waals surface area contributed by atoms with Gasteiger partial charge in [-0.05, 0) is 62.6 Å². The molecule has 0 aliphatic heterocycles. The molecule has 0 unspecified atom stereocenters. The van der Waals surface area contributed by atoms with Crippen LogP contribution in [0.25, 0.3) is 0 Å². The molecule has 0 radical (unpaired) electrons. The highest BCUT2D eigenvalue weighted by Crippen LogP contribution is 2.22. The van der Waals surface area contributed by atoms with Gasteiger partial charge in [0.1, 0.15) is 0 Å². The van der Waals surface area contributed by atoms with Crippen molar-refractivity contribution < 1.29 is 0 Å². The zero-order chi connectivity index (χ0) is 19.4. The number of nitrogens with one attached hydrogen (secondary N) is 2. The Morgan fingerprint density at radius 3 is 2.59 bits per heavy atom. The van der Waals surface area contributed by atoms with Gasteiger partial charge in [0.25, 0.3) is 0 Å². The van der Waals surface area contributed by atoms with Crippen LogP contribution in [0.3, 0.4) is 0 Å². The van der Waals surface area contributed by atoms with Gasteiger partial charge in [-0.1, -0.05) is 29.8 Å². The molecule has 0 saturated heterocycles. The van der Waals surface area contributed by atoms with Crippen molar-refractivity contribution in [1.82, 2.24) is 24.9 Å². The minimum absolute atomic E-state index is 0.469. The number of aromatic nitrogens is 4. The van der Waals surface area contributed by atoms with Crippen LogP contribution in [0.5, 0.6) is 0 Å². The first-order valence-electron chi connectivity index (χ1n) is 8.19. The van der Waals surface area contributed by atoms with E-state index in [9.17, 15) is 0 Å². The topological polar surface area (TPSA) is 59.7 Å². The lowest BCUT2D eigenvalue weighted by atomic mass is 10.2. The molecule has 3 rings (SSSR count). The van der Waals surface area contributed by atoms with Crippen molar-refractivity contribution in [1.29, 1.82) is 0 Å². The lowest BCUT2D eigenvalue weighted by molar-refractivity contribution is 0.643. The number of hydrogen-bond acceptors (Lipinski definition) is 3. The fraction of sp³-hybridized carbons (Fsp3) is 0.235. The fourth-order valence-corrected chi connectivity index (χ4v) is 3.63. The van der Waals surface area contributed by atoms with E-state index in [-0.39, 0.29) is 0 Å². The molecule has 2 aromatic heterocycles. The molecule has 0 bridgehead atoms. The zero-order valence-corrected chi connectivity index (χ0v) is 19.2. The van der Waals surface area contributed by atoms with Crippen molar-refractivity contribution in [2.75, 3.05) is 5.32 Å². The van der Waals surface area contributed by atoms with Crippen LogP contribution in [0.1, 0.15) is 18.2 Å². The Bertz CT molecular complexity index is 955. The molecule has 0 aliphatic carbocycles. The lowest BCUT2D eigenvalue weighted by Gasteiger charge is -2.08. The fourth-order valence-electron chi connectivity index (χ4n) is 2.40. The predicted molar refractivity (Wildman–Crippen MR) is 119 cm³/mol. The van der Waals surface area contributed by atoms with Gasteiger partial charge < -0.3 is 10.6 Å². The van der Waals surface area contributed by atoms with Crippen molar-refractivity contribution in [2.45, 2.75) is 26.6 Å². The molecule has 0 spiro atoms. The van der Waals surface area contributed by atoms with E-state index in [4.69, 9.17) is 23.8 Å². The van der Waals surface area contributed by atoms with E-state index in [0.717, 1.165) is 26.7 Å². The van der Waals surface area contributed by atoms with Crippen molar-refractivity contribution in [2.24, 2.45) is 0 Å². The average Bonchev–Trinajstić information content (AvgIpc) is 3.17. The number of nitrogens with zero attached hydrogens (tertiary/aromatic N) is 4. The minimum Gasteiger partial charge on any atom is -0.357 e. The Labute approximate surface area is 184 Å². The van der Waals surface area contributed by atoms with Crippen LogP contribution in [0, 0.1) is 0 Å². The summed E-state index contributed by atoms with van der Waals surface area (Å²) >= 11 is 18.6. The standard InChI is InChI=1S/C17H17Br2ClN6S/c1-2-25-9-12(18)15(23-25)7-21-17(27)22-16-13(19)10-26(24-16)8-11-5-3-4-6-14(11)20/h3-6,9-10H,2,7-8H2,1H3,(H2,21,22,24,27). The maximum atomic E-state index is 6.22. The van der Waals surface area contributed by atoms with Gasteiger partial charge in [0.05, 0.1) is 27.7 Å².